The topological polar surface area (TPSA) is 76.3 Å². The third-order valence-corrected chi connectivity index (χ3v) is 11.2. The SMILES string of the molecule is c1cncc(-c2cncc(-c3ccc(/C4=N/c5cc6ccccc6cc5/C(c5ccc(-c6cncc(-c7cccnc7)c6)cc5)=N\c5cc6ccccc6cc54)cc3)c2)c1. The first-order chi connectivity index (χ1) is 29.7. The highest BCUT2D eigenvalue weighted by atomic mass is 14.8. The third kappa shape index (κ3) is 6.62. The molecule has 0 saturated heterocycles. The number of benzene rings is 6. The number of hydrogen-bond donors (Lipinski definition) is 0. The van der Waals surface area contributed by atoms with E-state index in [2.05, 4.69) is 166 Å². The van der Waals surface area contributed by atoms with Crippen LogP contribution in [-0.2, 0) is 0 Å². The second kappa shape index (κ2) is 14.9. The number of aromatic nitrogens is 4. The van der Waals surface area contributed by atoms with Gasteiger partial charge in [0.25, 0.3) is 0 Å². The average Bonchev–Trinajstić information content (AvgIpc) is 3.32. The molecule has 6 nitrogen and oxygen atoms in total. The van der Waals surface area contributed by atoms with Gasteiger partial charge in [0.05, 0.1) is 22.8 Å². The summed E-state index contributed by atoms with van der Waals surface area (Å²) in [5.41, 5.74) is 15.7. The van der Waals surface area contributed by atoms with Gasteiger partial charge in [0.2, 0.25) is 0 Å². The predicted octanol–water partition coefficient (Wildman–Crippen LogP) is 12.9. The van der Waals surface area contributed by atoms with E-state index in [9.17, 15) is 0 Å². The van der Waals surface area contributed by atoms with Gasteiger partial charge in [-0.3, -0.25) is 19.9 Å². The van der Waals surface area contributed by atoms with Gasteiger partial charge in [-0.25, -0.2) is 9.98 Å². The van der Waals surface area contributed by atoms with Gasteiger partial charge in [-0.15, -0.1) is 0 Å². The minimum Gasteiger partial charge on any atom is -0.264 e. The summed E-state index contributed by atoms with van der Waals surface area (Å²) in [4.78, 5) is 29.0. The van der Waals surface area contributed by atoms with Crippen molar-refractivity contribution in [2.45, 2.75) is 0 Å². The second-order valence-corrected chi connectivity index (χ2v) is 14.9. The van der Waals surface area contributed by atoms with E-state index < -0.39 is 0 Å². The molecule has 0 unspecified atom stereocenters. The molecular weight excluding hydrogens is 733 g/mol. The molecule has 60 heavy (non-hydrogen) atoms. The van der Waals surface area contributed by atoms with Crippen molar-refractivity contribution < 1.29 is 0 Å². The average molecular weight is 767 g/mol. The van der Waals surface area contributed by atoms with Crippen molar-refractivity contribution >= 4 is 44.3 Å². The minimum atomic E-state index is 0.858. The van der Waals surface area contributed by atoms with E-state index in [1.54, 1.807) is 12.4 Å². The Morgan fingerprint density at radius 3 is 0.983 bits per heavy atom. The molecule has 0 spiro atoms. The molecule has 1 aliphatic heterocycles. The van der Waals surface area contributed by atoms with E-state index in [-0.39, 0.29) is 0 Å². The Labute approximate surface area is 347 Å². The Hall–Kier alpha value is -8.22. The van der Waals surface area contributed by atoms with E-state index in [1.165, 1.54) is 0 Å². The number of pyridine rings is 4. The van der Waals surface area contributed by atoms with Crippen molar-refractivity contribution in [3.63, 3.8) is 0 Å². The molecule has 11 rings (SSSR count). The summed E-state index contributed by atoms with van der Waals surface area (Å²) in [6.45, 7) is 0. The van der Waals surface area contributed by atoms with Crippen LogP contribution in [0.1, 0.15) is 22.3 Å². The normalized spacial score (nSPS) is 13.9. The van der Waals surface area contributed by atoms with Crippen LogP contribution < -0.4 is 0 Å². The lowest BCUT2D eigenvalue weighted by Gasteiger charge is -2.20. The van der Waals surface area contributed by atoms with Crippen LogP contribution in [0.3, 0.4) is 0 Å². The summed E-state index contributed by atoms with van der Waals surface area (Å²) in [5.74, 6) is 0. The van der Waals surface area contributed by atoms with E-state index in [4.69, 9.17) is 9.98 Å². The lowest BCUT2D eigenvalue weighted by molar-refractivity contribution is 1.30. The maximum Gasteiger partial charge on any atom is 0.0803 e. The van der Waals surface area contributed by atoms with Crippen molar-refractivity contribution in [3.8, 4) is 44.5 Å². The van der Waals surface area contributed by atoms with E-state index in [0.717, 1.165) is 111 Å². The summed E-state index contributed by atoms with van der Waals surface area (Å²) in [6.07, 6.45) is 14.9. The molecule has 1 aliphatic rings. The molecule has 5 heterocycles. The molecular formula is C54H34N6. The molecule has 280 valence electrons. The fourth-order valence-electron chi connectivity index (χ4n) is 8.04. The maximum atomic E-state index is 5.61. The molecule has 0 saturated carbocycles. The second-order valence-electron chi connectivity index (χ2n) is 14.9. The molecule has 0 bridgehead atoms. The van der Waals surface area contributed by atoms with Crippen LogP contribution in [0.2, 0.25) is 0 Å². The van der Waals surface area contributed by atoms with Crippen LogP contribution in [0.15, 0.2) is 217 Å². The number of nitrogens with zero attached hydrogens (tertiary/aromatic N) is 6. The molecule has 6 aromatic carbocycles. The number of hydrogen-bond acceptors (Lipinski definition) is 6. The monoisotopic (exact) mass is 766 g/mol. The zero-order chi connectivity index (χ0) is 39.8. The van der Waals surface area contributed by atoms with E-state index in [0.29, 0.717) is 0 Å². The van der Waals surface area contributed by atoms with Crippen LogP contribution in [0.4, 0.5) is 11.4 Å². The zero-order valence-corrected chi connectivity index (χ0v) is 32.3. The van der Waals surface area contributed by atoms with E-state index in [1.807, 2.05) is 49.3 Å². The van der Waals surface area contributed by atoms with Crippen LogP contribution in [-0.4, -0.2) is 31.4 Å². The van der Waals surface area contributed by atoms with Crippen LogP contribution in [0, 0.1) is 0 Å². The first kappa shape index (κ1) is 35.0. The molecule has 10 aromatic rings. The molecule has 0 aliphatic carbocycles. The fourth-order valence-corrected chi connectivity index (χ4v) is 8.04. The standard InChI is InChI=1S/C54H34N6/c1-3-9-41-27-51-49(25-39(41)7-1)53(37-17-13-35(14-18-37)45-23-47(33-57-31-45)43-11-5-21-55-29-43)60-52-28-42-10-4-2-8-40(42)26-50(52)54(59-51)38-19-15-36(16-20-38)46-24-48(34-58-32-46)44-12-6-22-56-30-44/h1-34H/b53-49?,54-50?,59-51?,59-54-,60-52?,60-53-. The summed E-state index contributed by atoms with van der Waals surface area (Å²) < 4.78 is 0. The molecule has 6 heteroatoms. The van der Waals surface area contributed by atoms with Crippen molar-refractivity contribution in [3.05, 3.63) is 230 Å². The molecule has 4 aromatic heterocycles. The summed E-state index contributed by atoms with van der Waals surface area (Å²) in [6, 6.07) is 55.3. The van der Waals surface area contributed by atoms with Gasteiger partial charge in [0.15, 0.2) is 0 Å². The largest absolute Gasteiger partial charge is 0.264 e. The first-order valence-corrected chi connectivity index (χ1v) is 19.9. The van der Waals surface area contributed by atoms with Crippen LogP contribution >= 0.6 is 0 Å². The highest BCUT2D eigenvalue weighted by molar-refractivity contribution is 6.24. The van der Waals surface area contributed by atoms with Gasteiger partial charge in [0, 0.05) is 105 Å². The smallest absolute Gasteiger partial charge is 0.0803 e. The Morgan fingerprint density at radius 2 is 0.600 bits per heavy atom. The van der Waals surface area contributed by atoms with Crippen LogP contribution in [0.5, 0.6) is 0 Å². The highest BCUT2D eigenvalue weighted by Crippen LogP contribution is 2.38. The Bertz CT molecular complexity index is 3060. The van der Waals surface area contributed by atoms with Gasteiger partial charge in [-0.1, -0.05) is 109 Å². The maximum absolute atomic E-state index is 5.61. The third-order valence-electron chi connectivity index (χ3n) is 11.2. The lowest BCUT2D eigenvalue weighted by atomic mass is 9.92. The van der Waals surface area contributed by atoms with Crippen molar-refractivity contribution in [1.29, 1.82) is 0 Å². The minimum absolute atomic E-state index is 0.858. The van der Waals surface area contributed by atoms with Gasteiger partial charge in [-0.05, 0) is 81.2 Å². The predicted molar refractivity (Wildman–Crippen MR) is 244 cm³/mol. The summed E-state index contributed by atoms with van der Waals surface area (Å²) >= 11 is 0. The number of aliphatic imine (C=N–C) groups is 2. The van der Waals surface area contributed by atoms with Crippen molar-refractivity contribution in [2.75, 3.05) is 0 Å². The highest BCUT2D eigenvalue weighted by Gasteiger charge is 2.22. The fraction of sp³-hybridized carbons (Fsp3) is 0. The zero-order valence-electron chi connectivity index (χ0n) is 32.3. The number of rotatable bonds is 6. The Morgan fingerprint density at radius 1 is 0.250 bits per heavy atom. The van der Waals surface area contributed by atoms with Gasteiger partial charge in [-0.2, -0.15) is 0 Å². The Balaban J connectivity index is 1.05. The number of fused-ring (bicyclic) bond motifs is 4. The van der Waals surface area contributed by atoms with Gasteiger partial charge >= 0.3 is 0 Å². The van der Waals surface area contributed by atoms with Gasteiger partial charge < -0.3 is 0 Å². The van der Waals surface area contributed by atoms with Gasteiger partial charge in [0.1, 0.15) is 0 Å². The van der Waals surface area contributed by atoms with Crippen molar-refractivity contribution in [1.82, 2.24) is 19.9 Å². The molecule has 0 fully saturated rings. The lowest BCUT2D eigenvalue weighted by Crippen LogP contribution is -2.10. The quantitative estimate of drug-likeness (QED) is 0.169. The molecule has 0 radical (unpaired) electrons. The van der Waals surface area contributed by atoms with Crippen LogP contribution in [0.25, 0.3) is 66.1 Å². The summed E-state index contributed by atoms with van der Waals surface area (Å²) in [5, 5.41) is 4.49. The first-order valence-electron chi connectivity index (χ1n) is 19.9. The molecule has 0 amide bonds. The molecule has 0 atom stereocenters. The van der Waals surface area contributed by atoms with Crippen molar-refractivity contribution in [2.24, 2.45) is 9.98 Å². The Kier molecular flexibility index (Phi) is 8.71. The van der Waals surface area contributed by atoms with E-state index >= 15 is 0 Å². The molecule has 0 N–H and O–H groups in total. The summed E-state index contributed by atoms with van der Waals surface area (Å²) in [7, 11) is 0.